The van der Waals surface area contributed by atoms with Gasteiger partial charge in [0.25, 0.3) is 0 Å². The molecule has 1 atom stereocenters. The van der Waals surface area contributed by atoms with Crippen LogP contribution >= 0.6 is 0 Å². The lowest BCUT2D eigenvalue weighted by Crippen LogP contribution is -2.47. The van der Waals surface area contributed by atoms with Crippen LogP contribution in [-0.2, 0) is 0 Å². The third-order valence-corrected chi connectivity index (χ3v) is 3.08. The maximum Gasteiger partial charge on any atom is 0.119 e. The fraction of sp³-hybridized carbons (Fsp3) is 0.538. The highest BCUT2D eigenvalue weighted by atomic mass is 16.5. The van der Waals surface area contributed by atoms with Crippen LogP contribution in [0.15, 0.2) is 24.3 Å². The predicted molar refractivity (Wildman–Crippen MR) is 69.0 cm³/mol. The van der Waals surface area contributed by atoms with Crippen molar-refractivity contribution in [1.29, 1.82) is 0 Å². The van der Waals surface area contributed by atoms with Crippen molar-refractivity contribution in [2.45, 2.75) is 13.1 Å². The van der Waals surface area contributed by atoms with E-state index < -0.39 is 0 Å². The van der Waals surface area contributed by atoms with E-state index in [1.165, 1.54) is 0 Å². The summed E-state index contributed by atoms with van der Waals surface area (Å²) in [6.07, 6.45) is -0.00669. The molecular weight excluding hydrogens is 214 g/mol. The molecule has 2 rings (SSSR count). The summed E-state index contributed by atoms with van der Waals surface area (Å²) in [5.41, 5.74) is 7.40. The second-order valence-corrected chi connectivity index (χ2v) is 4.23. The van der Waals surface area contributed by atoms with E-state index in [0.29, 0.717) is 6.61 Å². The van der Waals surface area contributed by atoms with Gasteiger partial charge in [0.2, 0.25) is 0 Å². The number of benzene rings is 1. The number of nitrogens with one attached hydrogen (secondary N) is 1. The molecule has 94 valence electrons. The lowest BCUT2D eigenvalue weighted by Gasteiger charge is -2.32. The van der Waals surface area contributed by atoms with Gasteiger partial charge in [-0.05, 0) is 24.6 Å². The molecule has 1 fully saturated rings. The largest absolute Gasteiger partial charge is 0.494 e. The van der Waals surface area contributed by atoms with E-state index in [-0.39, 0.29) is 6.17 Å². The van der Waals surface area contributed by atoms with Crippen LogP contribution in [-0.4, -0.2) is 37.7 Å². The average molecular weight is 235 g/mol. The minimum Gasteiger partial charge on any atom is -0.494 e. The Bertz CT molecular complexity index is 333. The highest BCUT2D eigenvalue weighted by Gasteiger charge is 2.17. The SMILES string of the molecule is CCOc1ccc(C(N)N2CCNCC2)cc1. The number of rotatable bonds is 4. The summed E-state index contributed by atoms with van der Waals surface area (Å²) < 4.78 is 5.42. The van der Waals surface area contributed by atoms with Gasteiger partial charge in [-0.1, -0.05) is 12.1 Å². The van der Waals surface area contributed by atoms with Gasteiger partial charge in [-0.2, -0.15) is 0 Å². The molecule has 1 unspecified atom stereocenters. The van der Waals surface area contributed by atoms with Gasteiger partial charge in [0.05, 0.1) is 12.8 Å². The van der Waals surface area contributed by atoms with Gasteiger partial charge in [-0.3, -0.25) is 4.90 Å². The Labute approximate surface area is 103 Å². The van der Waals surface area contributed by atoms with Crippen LogP contribution in [0.1, 0.15) is 18.7 Å². The molecule has 1 aliphatic heterocycles. The third-order valence-electron chi connectivity index (χ3n) is 3.08. The van der Waals surface area contributed by atoms with Gasteiger partial charge < -0.3 is 15.8 Å². The summed E-state index contributed by atoms with van der Waals surface area (Å²) >= 11 is 0. The first-order valence-electron chi connectivity index (χ1n) is 6.24. The Balaban J connectivity index is 2.00. The van der Waals surface area contributed by atoms with Crippen molar-refractivity contribution in [1.82, 2.24) is 10.2 Å². The molecule has 4 nitrogen and oxygen atoms in total. The molecule has 0 radical (unpaired) electrons. The predicted octanol–water partition coefficient (Wildman–Crippen LogP) is 0.948. The maximum atomic E-state index is 6.25. The van der Waals surface area contributed by atoms with Crippen LogP contribution in [0, 0.1) is 0 Å². The fourth-order valence-corrected chi connectivity index (χ4v) is 2.10. The number of ether oxygens (including phenoxy) is 1. The van der Waals surface area contributed by atoms with Crippen molar-refractivity contribution in [3.8, 4) is 5.75 Å². The zero-order chi connectivity index (χ0) is 12.1. The molecule has 1 aliphatic rings. The second kappa shape index (κ2) is 6.00. The topological polar surface area (TPSA) is 50.5 Å². The summed E-state index contributed by atoms with van der Waals surface area (Å²) in [6.45, 7) is 6.74. The van der Waals surface area contributed by atoms with Crippen molar-refractivity contribution in [2.24, 2.45) is 5.73 Å². The smallest absolute Gasteiger partial charge is 0.119 e. The molecular formula is C13H21N3O. The normalized spacial score (nSPS) is 18.9. The second-order valence-electron chi connectivity index (χ2n) is 4.23. The van der Waals surface area contributed by atoms with Crippen LogP contribution in [0.5, 0.6) is 5.75 Å². The molecule has 17 heavy (non-hydrogen) atoms. The van der Waals surface area contributed by atoms with E-state index in [4.69, 9.17) is 10.5 Å². The summed E-state index contributed by atoms with van der Waals surface area (Å²) in [7, 11) is 0. The molecule has 0 bridgehead atoms. The molecule has 1 aromatic rings. The lowest BCUT2D eigenvalue weighted by atomic mass is 10.1. The summed E-state index contributed by atoms with van der Waals surface area (Å²) in [5, 5.41) is 3.33. The van der Waals surface area contributed by atoms with Crippen LogP contribution in [0.3, 0.4) is 0 Å². The fourth-order valence-electron chi connectivity index (χ4n) is 2.10. The first kappa shape index (κ1) is 12.4. The Hall–Kier alpha value is -1.10. The van der Waals surface area contributed by atoms with Crippen LogP contribution in [0.2, 0.25) is 0 Å². The quantitative estimate of drug-likeness (QED) is 0.816. The third kappa shape index (κ3) is 3.19. The summed E-state index contributed by atoms with van der Waals surface area (Å²) in [4.78, 5) is 2.30. The Morgan fingerprint density at radius 3 is 2.53 bits per heavy atom. The van der Waals surface area contributed by atoms with Crippen LogP contribution < -0.4 is 15.8 Å². The highest BCUT2D eigenvalue weighted by Crippen LogP contribution is 2.19. The zero-order valence-corrected chi connectivity index (χ0v) is 10.4. The lowest BCUT2D eigenvalue weighted by molar-refractivity contribution is 0.177. The van der Waals surface area contributed by atoms with E-state index in [9.17, 15) is 0 Å². The van der Waals surface area contributed by atoms with Crippen LogP contribution in [0.4, 0.5) is 0 Å². The standard InChI is InChI=1S/C13H21N3O/c1-2-17-12-5-3-11(4-6-12)13(14)16-9-7-15-8-10-16/h3-6,13,15H,2,7-10,14H2,1H3. The molecule has 0 spiro atoms. The number of nitrogens with two attached hydrogens (primary N) is 1. The molecule has 4 heteroatoms. The minimum atomic E-state index is -0.00669. The molecule has 1 aromatic carbocycles. The minimum absolute atomic E-state index is 0.00669. The number of nitrogens with zero attached hydrogens (tertiary/aromatic N) is 1. The molecule has 0 saturated carbocycles. The average Bonchev–Trinajstić information content (AvgIpc) is 2.40. The molecule has 1 saturated heterocycles. The van der Waals surface area contributed by atoms with Gasteiger partial charge in [-0.15, -0.1) is 0 Å². The monoisotopic (exact) mass is 235 g/mol. The van der Waals surface area contributed by atoms with Gasteiger partial charge in [-0.25, -0.2) is 0 Å². The molecule has 0 aromatic heterocycles. The van der Waals surface area contributed by atoms with E-state index in [1.807, 2.05) is 19.1 Å². The Morgan fingerprint density at radius 2 is 1.94 bits per heavy atom. The first-order valence-corrected chi connectivity index (χ1v) is 6.24. The summed E-state index contributed by atoms with van der Waals surface area (Å²) in [6, 6.07) is 8.08. The van der Waals surface area contributed by atoms with Crippen molar-refractivity contribution < 1.29 is 4.74 Å². The molecule has 0 aliphatic carbocycles. The maximum absolute atomic E-state index is 6.25. The number of piperazine rings is 1. The van der Waals surface area contributed by atoms with E-state index in [0.717, 1.165) is 37.5 Å². The van der Waals surface area contributed by atoms with Crippen molar-refractivity contribution in [3.05, 3.63) is 29.8 Å². The van der Waals surface area contributed by atoms with Crippen molar-refractivity contribution >= 4 is 0 Å². The van der Waals surface area contributed by atoms with E-state index in [1.54, 1.807) is 0 Å². The molecule has 3 N–H and O–H groups in total. The zero-order valence-electron chi connectivity index (χ0n) is 10.4. The number of hydrogen-bond acceptors (Lipinski definition) is 4. The van der Waals surface area contributed by atoms with Gasteiger partial charge in [0.15, 0.2) is 0 Å². The van der Waals surface area contributed by atoms with Gasteiger partial charge >= 0.3 is 0 Å². The van der Waals surface area contributed by atoms with Crippen molar-refractivity contribution in [3.63, 3.8) is 0 Å². The van der Waals surface area contributed by atoms with Gasteiger partial charge in [0.1, 0.15) is 5.75 Å². The van der Waals surface area contributed by atoms with Crippen LogP contribution in [0.25, 0.3) is 0 Å². The van der Waals surface area contributed by atoms with Gasteiger partial charge in [0, 0.05) is 26.2 Å². The summed E-state index contributed by atoms with van der Waals surface area (Å²) in [5.74, 6) is 0.906. The first-order chi connectivity index (χ1) is 8.31. The van der Waals surface area contributed by atoms with E-state index in [2.05, 4.69) is 22.3 Å². The van der Waals surface area contributed by atoms with Crippen molar-refractivity contribution in [2.75, 3.05) is 32.8 Å². The Kier molecular flexibility index (Phi) is 4.36. The number of hydrogen-bond donors (Lipinski definition) is 2. The molecule has 0 amide bonds. The Morgan fingerprint density at radius 1 is 1.29 bits per heavy atom. The van der Waals surface area contributed by atoms with E-state index >= 15 is 0 Å². The highest BCUT2D eigenvalue weighted by molar-refractivity contribution is 5.28. The molecule has 1 heterocycles.